The lowest BCUT2D eigenvalue weighted by Gasteiger charge is -2.14. The highest BCUT2D eigenvalue weighted by Gasteiger charge is 2.18. The summed E-state index contributed by atoms with van der Waals surface area (Å²) in [6.07, 6.45) is 0. The summed E-state index contributed by atoms with van der Waals surface area (Å²) in [6, 6.07) is 21.3. The van der Waals surface area contributed by atoms with E-state index in [0.29, 0.717) is 27.6 Å². The summed E-state index contributed by atoms with van der Waals surface area (Å²) in [6.45, 7) is 1.80. The minimum absolute atomic E-state index is 0.0722. The summed E-state index contributed by atoms with van der Waals surface area (Å²) in [5.41, 5.74) is 2.51. The first-order valence-corrected chi connectivity index (χ1v) is 9.21. The van der Waals surface area contributed by atoms with E-state index in [9.17, 15) is 9.59 Å². The summed E-state index contributed by atoms with van der Waals surface area (Å²) in [7, 11) is 1.53. The van der Waals surface area contributed by atoms with Gasteiger partial charge in [0.1, 0.15) is 5.75 Å². The van der Waals surface area contributed by atoms with E-state index in [1.807, 2.05) is 24.3 Å². The molecule has 1 N–H and O–H groups in total. The molecule has 28 heavy (non-hydrogen) atoms. The summed E-state index contributed by atoms with van der Waals surface area (Å²) >= 11 is 6.11. The molecular formula is C23H20ClNO3. The number of carbonyl (C=O) groups excluding carboxylic acids is 2. The van der Waals surface area contributed by atoms with Crippen molar-refractivity contribution in [1.82, 2.24) is 0 Å². The number of rotatable bonds is 6. The van der Waals surface area contributed by atoms with Gasteiger partial charge < -0.3 is 10.1 Å². The number of hydrogen-bond donors (Lipinski definition) is 1. The van der Waals surface area contributed by atoms with Crippen LogP contribution in [-0.4, -0.2) is 18.8 Å². The van der Waals surface area contributed by atoms with Gasteiger partial charge in [-0.3, -0.25) is 9.59 Å². The number of amides is 1. The van der Waals surface area contributed by atoms with Gasteiger partial charge in [-0.15, -0.1) is 0 Å². The largest absolute Gasteiger partial charge is 0.495 e. The topological polar surface area (TPSA) is 55.4 Å². The smallest absolute Gasteiger partial charge is 0.231 e. The van der Waals surface area contributed by atoms with E-state index in [2.05, 4.69) is 5.32 Å². The molecule has 0 bridgehead atoms. The van der Waals surface area contributed by atoms with Gasteiger partial charge in [0.25, 0.3) is 0 Å². The average molecular weight is 394 g/mol. The third kappa shape index (κ3) is 4.41. The van der Waals surface area contributed by atoms with Crippen molar-refractivity contribution in [2.24, 2.45) is 0 Å². The molecule has 142 valence electrons. The van der Waals surface area contributed by atoms with Crippen molar-refractivity contribution in [2.45, 2.75) is 12.8 Å². The van der Waals surface area contributed by atoms with E-state index >= 15 is 0 Å². The van der Waals surface area contributed by atoms with Gasteiger partial charge in [-0.25, -0.2) is 0 Å². The zero-order valence-electron chi connectivity index (χ0n) is 15.6. The number of anilines is 1. The molecule has 4 nitrogen and oxygen atoms in total. The van der Waals surface area contributed by atoms with Crippen molar-refractivity contribution in [3.63, 3.8) is 0 Å². The Balaban J connectivity index is 1.77. The maximum absolute atomic E-state index is 12.7. The first-order chi connectivity index (χ1) is 13.5. The van der Waals surface area contributed by atoms with Crippen LogP contribution in [0.4, 0.5) is 5.69 Å². The van der Waals surface area contributed by atoms with Gasteiger partial charge in [-0.1, -0.05) is 60.1 Å². The fraction of sp³-hybridized carbons (Fsp3) is 0.130. The number of halogens is 1. The van der Waals surface area contributed by atoms with Crippen LogP contribution in [0.5, 0.6) is 5.75 Å². The number of hydrogen-bond acceptors (Lipinski definition) is 3. The van der Waals surface area contributed by atoms with Crippen molar-refractivity contribution in [3.05, 3.63) is 94.5 Å². The highest BCUT2D eigenvalue weighted by molar-refractivity contribution is 6.32. The lowest BCUT2D eigenvalue weighted by molar-refractivity contribution is -0.117. The van der Waals surface area contributed by atoms with Crippen LogP contribution in [0, 0.1) is 0 Å². The average Bonchev–Trinajstić information content (AvgIpc) is 2.73. The van der Waals surface area contributed by atoms with Crippen molar-refractivity contribution in [3.8, 4) is 5.75 Å². The maximum atomic E-state index is 12.7. The molecule has 0 aliphatic rings. The summed E-state index contributed by atoms with van der Waals surface area (Å²) in [5, 5.41) is 3.27. The van der Waals surface area contributed by atoms with Gasteiger partial charge >= 0.3 is 0 Å². The molecule has 0 aromatic heterocycles. The molecule has 0 aliphatic heterocycles. The molecule has 3 aromatic rings. The molecule has 3 aromatic carbocycles. The standard InChI is InChI=1S/C23H20ClNO3/c1-15(23(27)25-19-11-12-21(28-2)20(24)14-19)17-9-6-10-18(13-17)22(26)16-7-4-3-5-8-16/h3-15H,1-2H3,(H,25,27)/t15-/m0/s1. The van der Waals surface area contributed by atoms with Gasteiger partial charge in [0.2, 0.25) is 5.91 Å². The molecule has 0 unspecified atom stereocenters. The number of benzene rings is 3. The molecule has 1 amide bonds. The SMILES string of the molecule is COc1ccc(NC(=O)[C@@H](C)c2cccc(C(=O)c3ccccc3)c2)cc1Cl. The van der Waals surface area contributed by atoms with Crippen LogP contribution in [-0.2, 0) is 4.79 Å². The molecule has 3 rings (SSSR count). The number of ketones is 1. The summed E-state index contributed by atoms with van der Waals surface area (Å²) < 4.78 is 5.12. The number of ether oxygens (including phenoxy) is 1. The molecule has 0 saturated carbocycles. The Bertz CT molecular complexity index is 1000. The van der Waals surface area contributed by atoms with Crippen LogP contribution in [0.2, 0.25) is 5.02 Å². The third-order valence-electron chi connectivity index (χ3n) is 4.50. The molecule has 1 atom stereocenters. The molecule has 0 fully saturated rings. The van der Waals surface area contributed by atoms with Gasteiger partial charge in [0.05, 0.1) is 18.1 Å². The van der Waals surface area contributed by atoms with Crippen LogP contribution in [0.3, 0.4) is 0 Å². The van der Waals surface area contributed by atoms with E-state index in [0.717, 1.165) is 5.56 Å². The Hall–Kier alpha value is -3.11. The number of carbonyl (C=O) groups is 2. The normalized spacial score (nSPS) is 11.5. The van der Waals surface area contributed by atoms with Crippen molar-refractivity contribution in [1.29, 1.82) is 0 Å². The Morgan fingerprint density at radius 3 is 2.32 bits per heavy atom. The summed E-state index contributed by atoms with van der Waals surface area (Å²) in [5.74, 6) is -0.160. The minimum Gasteiger partial charge on any atom is -0.495 e. The van der Waals surface area contributed by atoms with Gasteiger partial charge in [0, 0.05) is 16.8 Å². The van der Waals surface area contributed by atoms with Crippen LogP contribution in [0.1, 0.15) is 34.3 Å². The van der Waals surface area contributed by atoms with Gasteiger partial charge in [-0.2, -0.15) is 0 Å². The van der Waals surface area contributed by atoms with Crippen LogP contribution in [0.15, 0.2) is 72.8 Å². The first kappa shape index (κ1) is 19.6. The maximum Gasteiger partial charge on any atom is 0.231 e. The molecular weight excluding hydrogens is 374 g/mol. The van der Waals surface area contributed by atoms with Crippen LogP contribution >= 0.6 is 11.6 Å². The molecule has 0 spiro atoms. The summed E-state index contributed by atoms with van der Waals surface area (Å²) in [4.78, 5) is 25.3. The first-order valence-electron chi connectivity index (χ1n) is 8.83. The quantitative estimate of drug-likeness (QED) is 0.576. The Morgan fingerprint density at radius 2 is 1.64 bits per heavy atom. The lowest BCUT2D eigenvalue weighted by atomic mass is 9.95. The molecule has 5 heteroatoms. The number of nitrogens with one attached hydrogen (secondary N) is 1. The van der Waals surface area contributed by atoms with Crippen LogP contribution in [0.25, 0.3) is 0 Å². The molecule has 0 aliphatic carbocycles. The van der Waals surface area contributed by atoms with Crippen molar-refractivity contribution in [2.75, 3.05) is 12.4 Å². The molecule has 0 saturated heterocycles. The van der Waals surface area contributed by atoms with E-state index in [4.69, 9.17) is 16.3 Å². The Labute approximate surface area is 169 Å². The predicted molar refractivity (Wildman–Crippen MR) is 111 cm³/mol. The third-order valence-corrected chi connectivity index (χ3v) is 4.79. The van der Waals surface area contributed by atoms with E-state index in [1.54, 1.807) is 55.5 Å². The highest BCUT2D eigenvalue weighted by Crippen LogP contribution is 2.28. The number of methoxy groups -OCH3 is 1. The highest BCUT2D eigenvalue weighted by atomic mass is 35.5. The van der Waals surface area contributed by atoms with E-state index < -0.39 is 5.92 Å². The van der Waals surface area contributed by atoms with Crippen molar-refractivity contribution < 1.29 is 14.3 Å². The minimum atomic E-state index is -0.440. The Kier molecular flexibility index (Phi) is 6.12. The van der Waals surface area contributed by atoms with E-state index in [1.165, 1.54) is 7.11 Å². The fourth-order valence-electron chi connectivity index (χ4n) is 2.85. The van der Waals surface area contributed by atoms with Gasteiger partial charge in [-0.05, 0) is 36.8 Å². The molecule has 0 heterocycles. The molecule has 0 radical (unpaired) electrons. The monoisotopic (exact) mass is 393 g/mol. The fourth-order valence-corrected chi connectivity index (χ4v) is 3.11. The second-order valence-electron chi connectivity index (χ2n) is 6.38. The lowest BCUT2D eigenvalue weighted by Crippen LogP contribution is -2.19. The second kappa shape index (κ2) is 8.72. The second-order valence-corrected chi connectivity index (χ2v) is 6.79. The van der Waals surface area contributed by atoms with Gasteiger partial charge in [0.15, 0.2) is 5.78 Å². The zero-order chi connectivity index (χ0) is 20.1. The van der Waals surface area contributed by atoms with E-state index in [-0.39, 0.29) is 11.7 Å². The van der Waals surface area contributed by atoms with Crippen molar-refractivity contribution >= 4 is 29.0 Å². The predicted octanol–water partition coefficient (Wildman–Crippen LogP) is 5.32. The zero-order valence-corrected chi connectivity index (χ0v) is 16.4. The van der Waals surface area contributed by atoms with Crippen LogP contribution < -0.4 is 10.1 Å². The Morgan fingerprint density at radius 1 is 0.929 bits per heavy atom.